The van der Waals surface area contributed by atoms with E-state index in [9.17, 15) is 19.5 Å². The molecule has 0 aromatic heterocycles. The number of carboxylic acid groups (broad SMARTS) is 1. The van der Waals surface area contributed by atoms with Gasteiger partial charge in [0.2, 0.25) is 5.91 Å². The van der Waals surface area contributed by atoms with Crippen molar-refractivity contribution in [2.45, 2.75) is 31.5 Å². The number of hydrogen-bond acceptors (Lipinski definition) is 4. The van der Waals surface area contributed by atoms with E-state index in [0.29, 0.717) is 13.0 Å². The Hall–Kier alpha value is -2.61. The summed E-state index contributed by atoms with van der Waals surface area (Å²) < 4.78 is 0. The Labute approximate surface area is 139 Å². The Morgan fingerprint density at radius 2 is 2.00 bits per heavy atom. The number of nitrogens with one attached hydrogen (secondary N) is 3. The fraction of sp³-hybridized carbons (Fsp3) is 0.438. The molecule has 0 spiro atoms. The Bertz CT molecular complexity index is 593. The van der Waals surface area contributed by atoms with Crippen molar-refractivity contribution in [3.8, 4) is 0 Å². The standard InChI is InChI=1S/C16H21N3O5/c20-13(15(22)18-9-10-4-2-1-3-5-10)12(19-16(23)24)8-11-6-7-17-14(11)21/h1-5,11-13,19-20H,6-9H2,(H,17,21)(H,18,22)(H,23,24)/t11-,12-,13?/m0/s1. The molecule has 1 aromatic carbocycles. The SMILES string of the molecule is O=C(O)N[C@@H](C[C@@H]1CCNC1=O)C(O)C(=O)NCc1ccccc1. The molecule has 1 heterocycles. The Morgan fingerprint density at radius 3 is 2.58 bits per heavy atom. The van der Waals surface area contributed by atoms with Crippen LogP contribution in [0.1, 0.15) is 18.4 Å². The number of carbonyl (C=O) groups excluding carboxylic acids is 2. The molecule has 1 aliphatic rings. The number of hydrogen-bond donors (Lipinski definition) is 5. The first kappa shape index (κ1) is 17.7. The number of carbonyl (C=O) groups is 3. The van der Waals surface area contributed by atoms with Gasteiger partial charge in [-0.15, -0.1) is 0 Å². The minimum Gasteiger partial charge on any atom is -0.465 e. The molecule has 24 heavy (non-hydrogen) atoms. The third-order valence-electron chi connectivity index (χ3n) is 3.97. The zero-order chi connectivity index (χ0) is 17.5. The van der Waals surface area contributed by atoms with Crippen LogP contribution in [0.2, 0.25) is 0 Å². The summed E-state index contributed by atoms with van der Waals surface area (Å²) in [5.74, 6) is -1.29. The van der Waals surface area contributed by atoms with Gasteiger partial charge in [-0.2, -0.15) is 0 Å². The second-order valence-electron chi connectivity index (χ2n) is 5.72. The van der Waals surface area contributed by atoms with Crippen molar-refractivity contribution in [1.29, 1.82) is 0 Å². The third-order valence-corrected chi connectivity index (χ3v) is 3.97. The highest BCUT2D eigenvalue weighted by molar-refractivity contribution is 5.83. The monoisotopic (exact) mass is 335 g/mol. The van der Waals surface area contributed by atoms with Crippen LogP contribution >= 0.6 is 0 Å². The number of rotatable bonds is 7. The van der Waals surface area contributed by atoms with Gasteiger partial charge in [0.15, 0.2) is 6.10 Å². The average molecular weight is 335 g/mol. The first-order chi connectivity index (χ1) is 11.5. The van der Waals surface area contributed by atoms with Crippen LogP contribution in [0.5, 0.6) is 0 Å². The maximum absolute atomic E-state index is 12.1. The fourth-order valence-corrected chi connectivity index (χ4v) is 2.67. The van der Waals surface area contributed by atoms with Gasteiger partial charge in [0.25, 0.3) is 5.91 Å². The molecule has 1 fully saturated rings. The minimum absolute atomic E-state index is 0.0675. The van der Waals surface area contributed by atoms with E-state index in [4.69, 9.17) is 5.11 Å². The summed E-state index contributed by atoms with van der Waals surface area (Å²) in [6, 6.07) is 8.09. The van der Waals surface area contributed by atoms with Crippen molar-refractivity contribution < 1.29 is 24.6 Å². The van der Waals surface area contributed by atoms with Gasteiger partial charge in [-0.1, -0.05) is 30.3 Å². The summed E-state index contributed by atoms with van der Waals surface area (Å²) in [5.41, 5.74) is 0.857. The lowest BCUT2D eigenvalue weighted by Crippen LogP contribution is -2.51. The molecule has 1 unspecified atom stereocenters. The highest BCUT2D eigenvalue weighted by Crippen LogP contribution is 2.18. The van der Waals surface area contributed by atoms with Gasteiger partial charge in [0, 0.05) is 19.0 Å². The van der Waals surface area contributed by atoms with E-state index in [2.05, 4.69) is 16.0 Å². The van der Waals surface area contributed by atoms with Crippen molar-refractivity contribution in [3.05, 3.63) is 35.9 Å². The van der Waals surface area contributed by atoms with E-state index in [0.717, 1.165) is 5.56 Å². The number of amides is 3. The lowest BCUT2D eigenvalue weighted by molar-refractivity contribution is -0.132. The van der Waals surface area contributed by atoms with Gasteiger partial charge in [-0.05, 0) is 18.4 Å². The van der Waals surface area contributed by atoms with E-state index in [1.165, 1.54) is 0 Å². The summed E-state index contributed by atoms with van der Waals surface area (Å²) in [5, 5.41) is 26.4. The topological polar surface area (TPSA) is 128 Å². The van der Waals surface area contributed by atoms with Gasteiger partial charge in [0.1, 0.15) is 0 Å². The lowest BCUT2D eigenvalue weighted by atomic mass is 9.94. The van der Waals surface area contributed by atoms with E-state index in [1.807, 2.05) is 30.3 Å². The Balaban J connectivity index is 1.94. The minimum atomic E-state index is -1.57. The summed E-state index contributed by atoms with van der Waals surface area (Å²) in [6.45, 7) is 0.736. The Morgan fingerprint density at radius 1 is 1.29 bits per heavy atom. The predicted octanol–water partition coefficient (Wildman–Crippen LogP) is -0.174. The highest BCUT2D eigenvalue weighted by Gasteiger charge is 2.34. The van der Waals surface area contributed by atoms with Gasteiger partial charge < -0.3 is 26.2 Å². The number of aliphatic hydroxyl groups is 1. The van der Waals surface area contributed by atoms with Crippen LogP contribution < -0.4 is 16.0 Å². The molecular weight excluding hydrogens is 314 g/mol. The van der Waals surface area contributed by atoms with Crippen LogP contribution in [0.4, 0.5) is 4.79 Å². The van der Waals surface area contributed by atoms with Crippen LogP contribution in [-0.4, -0.2) is 46.8 Å². The summed E-state index contributed by atoms with van der Waals surface area (Å²) in [4.78, 5) is 34.6. The van der Waals surface area contributed by atoms with Crippen molar-refractivity contribution in [1.82, 2.24) is 16.0 Å². The average Bonchev–Trinajstić information content (AvgIpc) is 2.97. The normalized spacial score (nSPS) is 19.2. The number of aliphatic hydroxyl groups excluding tert-OH is 1. The van der Waals surface area contributed by atoms with E-state index in [-0.39, 0.29) is 18.9 Å². The third kappa shape index (κ3) is 4.95. The molecule has 0 saturated carbocycles. The molecule has 8 nitrogen and oxygen atoms in total. The molecule has 0 aliphatic carbocycles. The molecule has 5 N–H and O–H groups in total. The summed E-state index contributed by atoms with van der Waals surface area (Å²) in [7, 11) is 0. The summed E-state index contributed by atoms with van der Waals surface area (Å²) >= 11 is 0. The molecule has 3 amide bonds. The van der Waals surface area contributed by atoms with E-state index < -0.39 is 30.1 Å². The van der Waals surface area contributed by atoms with Crippen LogP contribution in [0.3, 0.4) is 0 Å². The first-order valence-corrected chi connectivity index (χ1v) is 7.74. The highest BCUT2D eigenvalue weighted by atomic mass is 16.4. The van der Waals surface area contributed by atoms with E-state index >= 15 is 0 Å². The zero-order valence-electron chi connectivity index (χ0n) is 13.1. The molecule has 1 aliphatic heterocycles. The largest absolute Gasteiger partial charge is 0.465 e. The van der Waals surface area contributed by atoms with E-state index in [1.54, 1.807) is 0 Å². The maximum Gasteiger partial charge on any atom is 0.404 e. The van der Waals surface area contributed by atoms with Crippen molar-refractivity contribution in [3.63, 3.8) is 0 Å². The van der Waals surface area contributed by atoms with Crippen LogP contribution in [0.25, 0.3) is 0 Å². The van der Waals surface area contributed by atoms with Gasteiger partial charge in [-0.25, -0.2) is 4.79 Å². The van der Waals surface area contributed by atoms with Crippen LogP contribution in [0, 0.1) is 5.92 Å². The smallest absolute Gasteiger partial charge is 0.404 e. The van der Waals surface area contributed by atoms with Crippen molar-refractivity contribution >= 4 is 17.9 Å². The van der Waals surface area contributed by atoms with Crippen molar-refractivity contribution in [2.75, 3.05) is 6.54 Å². The molecule has 0 bridgehead atoms. The number of benzene rings is 1. The quantitative estimate of drug-likeness (QED) is 0.472. The van der Waals surface area contributed by atoms with Crippen LogP contribution in [-0.2, 0) is 16.1 Å². The molecule has 130 valence electrons. The second kappa shape index (κ2) is 8.30. The van der Waals surface area contributed by atoms with Gasteiger partial charge in [-0.3, -0.25) is 9.59 Å². The zero-order valence-corrected chi connectivity index (χ0v) is 13.1. The van der Waals surface area contributed by atoms with Crippen LogP contribution in [0.15, 0.2) is 30.3 Å². The maximum atomic E-state index is 12.1. The van der Waals surface area contributed by atoms with Gasteiger partial charge >= 0.3 is 6.09 Å². The second-order valence-corrected chi connectivity index (χ2v) is 5.72. The molecule has 1 aromatic rings. The molecule has 8 heteroatoms. The lowest BCUT2D eigenvalue weighted by Gasteiger charge is -2.24. The molecule has 1 saturated heterocycles. The van der Waals surface area contributed by atoms with Crippen molar-refractivity contribution in [2.24, 2.45) is 5.92 Å². The fourth-order valence-electron chi connectivity index (χ4n) is 2.67. The van der Waals surface area contributed by atoms with Gasteiger partial charge in [0.05, 0.1) is 6.04 Å². The molecule has 3 atom stereocenters. The first-order valence-electron chi connectivity index (χ1n) is 7.74. The molecule has 2 rings (SSSR count). The summed E-state index contributed by atoms with van der Waals surface area (Å²) in [6.07, 6.45) is -2.31. The molecule has 0 radical (unpaired) electrons. The molecular formula is C16H21N3O5. The predicted molar refractivity (Wildman–Crippen MR) is 85.0 cm³/mol. The Kier molecular flexibility index (Phi) is 6.14.